The monoisotopic (exact) mass is 264 g/mol. The summed E-state index contributed by atoms with van der Waals surface area (Å²) in [6.07, 6.45) is 7.85. The van der Waals surface area contributed by atoms with Gasteiger partial charge in [0.1, 0.15) is 0 Å². The van der Waals surface area contributed by atoms with Gasteiger partial charge in [0, 0.05) is 13.1 Å². The van der Waals surface area contributed by atoms with Crippen molar-refractivity contribution >= 4 is 5.96 Å². The first-order chi connectivity index (χ1) is 9.23. The number of nitrogens with two attached hydrogens (primary N) is 1. The predicted molar refractivity (Wildman–Crippen MR) is 79.2 cm³/mol. The average Bonchev–Trinajstić information content (AvgIpc) is 3.17. The van der Waals surface area contributed by atoms with Crippen LogP contribution in [0.1, 0.15) is 45.4 Å². The third-order valence-corrected chi connectivity index (χ3v) is 5.07. The predicted octanol–water partition coefficient (Wildman–Crippen LogP) is 1.66. The van der Waals surface area contributed by atoms with E-state index in [0.29, 0.717) is 0 Å². The fourth-order valence-corrected chi connectivity index (χ4v) is 3.69. The highest BCUT2D eigenvalue weighted by Gasteiger charge is 2.44. The molecule has 0 aromatic rings. The zero-order valence-electron chi connectivity index (χ0n) is 12.3. The Morgan fingerprint density at radius 1 is 1.32 bits per heavy atom. The Bertz CT molecular complexity index is 350. The minimum Gasteiger partial charge on any atom is -0.370 e. The molecule has 1 unspecified atom stereocenters. The second-order valence-electron chi connectivity index (χ2n) is 6.65. The number of nitrogens with zero attached hydrogens (tertiary/aromatic N) is 3. The van der Waals surface area contributed by atoms with Crippen LogP contribution in [0.4, 0.5) is 0 Å². The Morgan fingerprint density at radius 2 is 2.16 bits per heavy atom. The maximum atomic E-state index is 6.17. The van der Waals surface area contributed by atoms with Crippen molar-refractivity contribution in [2.24, 2.45) is 16.6 Å². The molecule has 1 saturated heterocycles. The molecular weight excluding hydrogens is 236 g/mol. The van der Waals surface area contributed by atoms with Gasteiger partial charge in [-0.25, -0.2) is 0 Å². The lowest BCUT2D eigenvalue weighted by Gasteiger charge is -2.39. The van der Waals surface area contributed by atoms with E-state index in [1.807, 2.05) is 0 Å². The van der Waals surface area contributed by atoms with E-state index in [0.717, 1.165) is 25.0 Å². The van der Waals surface area contributed by atoms with E-state index in [1.165, 1.54) is 58.2 Å². The van der Waals surface area contributed by atoms with Gasteiger partial charge in [0.2, 0.25) is 0 Å². The first-order valence-corrected chi connectivity index (χ1v) is 8.03. The number of hydrogen-bond acceptors (Lipinski definition) is 4. The van der Waals surface area contributed by atoms with Crippen molar-refractivity contribution < 1.29 is 0 Å². The molecule has 4 heteroatoms. The van der Waals surface area contributed by atoms with E-state index in [-0.39, 0.29) is 5.54 Å². The summed E-state index contributed by atoms with van der Waals surface area (Å²) in [5.41, 5.74) is 6.43. The van der Waals surface area contributed by atoms with Crippen LogP contribution < -0.4 is 5.73 Å². The molecule has 0 bridgehead atoms. The Kier molecular flexibility index (Phi) is 3.70. The van der Waals surface area contributed by atoms with Crippen LogP contribution in [0.2, 0.25) is 0 Å². The summed E-state index contributed by atoms with van der Waals surface area (Å²) in [6, 6.07) is 0. The van der Waals surface area contributed by atoms with Gasteiger partial charge in [-0.05, 0) is 57.5 Å². The first kappa shape index (κ1) is 13.2. The van der Waals surface area contributed by atoms with Crippen LogP contribution >= 0.6 is 0 Å². The molecule has 1 aliphatic carbocycles. The molecule has 1 saturated carbocycles. The third-order valence-electron chi connectivity index (χ3n) is 5.07. The zero-order chi connectivity index (χ0) is 13.3. The molecule has 0 aromatic carbocycles. The van der Waals surface area contributed by atoms with Gasteiger partial charge < -0.3 is 15.5 Å². The number of rotatable bonds is 4. The van der Waals surface area contributed by atoms with Crippen molar-refractivity contribution in [3.8, 4) is 0 Å². The molecule has 0 amide bonds. The van der Waals surface area contributed by atoms with Gasteiger partial charge in [-0.1, -0.05) is 6.92 Å². The largest absolute Gasteiger partial charge is 0.370 e. The fraction of sp³-hybridized carbons (Fsp3) is 0.933. The summed E-state index contributed by atoms with van der Waals surface area (Å²) in [4.78, 5) is 9.69. The fourth-order valence-electron chi connectivity index (χ4n) is 3.69. The molecule has 0 radical (unpaired) electrons. The Morgan fingerprint density at radius 3 is 2.89 bits per heavy atom. The maximum absolute atomic E-state index is 6.17. The summed E-state index contributed by atoms with van der Waals surface area (Å²) in [6.45, 7) is 8.09. The molecule has 1 atom stereocenters. The summed E-state index contributed by atoms with van der Waals surface area (Å²) < 4.78 is 0. The highest BCUT2D eigenvalue weighted by Crippen LogP contribution is 2.38. The lowest BCUT2D eigenvalue weighted by Crippen LogP contribution is -2.52. The topological polar surface area (TPSA) is 44.9 Å². The second-order valence-corrected chi connectivity index (χ2v) is 6.65. The van der Waals surface area contributed by atoms with Crippen LogP contribution in [0.5, 0.6) is 0 Å². The highest BCUT2D eigenvalue weighted by molar-refractivity contribution is 5.81. The molecule has 1 spiro atoms. The van der Waals surface area contributed by atoms with Crippen LogP contribution in [-0.2, 0) is 0 Å². The van der Waals surface area contributed by atoms with Crippen LogP contribution in [0.3, 0.4) is 0 Å². The van der Waals surface area contributed by atoms with E-state index in [9.17, 15) is 0 Å². The van der Waals surface area contributed by atoms with E-state index in [1.54, 1.807) is 0 Å². The maximum Gasteiger partial charge on any atom is 0.191 e. The molecule has 4 nitrogen and oxygen atoms in total. The van der Waals surface area contributed by atoms with Gasteiger partial charge >= 0.3 is 0 Å². The summed E-state index contributed by atoms with van der Waals surface area (Å²) >= 11 is 0. The van der Waals surface area contributed by atoms with Gasteiger partial charge in [0.25, 0.3) is 0 Å². The van der Waals surface area contributed by atoms with Crippen LogP contribution in [-0.4, -0.2) is 54.0 Å². The van der Waals surface area contributed by atoms with Crippen LogP contribution in [0.25, 0.3) is 0 Å². The average molecular weight is 264 g/mol. The van der Waals surface area contributed by atoms with Crippen LogP contribution in [0.15, 0.2) is 4.99 Å². The number of likely N-dealkylation sites (tertiary alicyclic amines) is 1. The number of aliphatic imine (C=N–C) groups is 1. The van der Waals surface area contributed by atoms with E-state index < -0.39 is 0 Å². The normalized spacial score (nSPS) is 32.7. The highest BCUT2D eigenvalue weighted by atomic mass is 15.4. The summed E-state index contributed by atoms with van der Waals surface area (Å²) in [5.74, 6) is 1.70. The van der Waals surface area contributed by atoms with Crippen LogP contribution in [0, 0.1) is 5.92 Å². The molecule has 108 valence electrons. The van der Waals surface area contributed by atoms with Gasteiger partial charge in [-0.15, -0.1) is 0 Å². The molecule has 2 fully saturated rings. The van der Waals surface area contributed by atoms with Gasteiger partial charge in [0.05, 0.1) is 12.1 Å². The second kappa shape index (κ2) is 5.31. The van der Waals surface area contributed by atoms with Crippen molar-refractivity contribution in [3.63, 3.8) is 0 Å². The molecule has 0 aromatic heterocycles. The van der Waals surface area contributed by atoms with Crippen molar-refractivity contribution in [2.75, 3.05) is 32.7 Å². The minimum absolute atomic E-state index is 0.259. The standard InChI is InChI=1S/C15H28N4/c1-2-8-18-9-3-6-15(7-10-18)12-17-14(16)19(15)11-13-4-5-13/h13H,2-12H2,1H3,(H2,16,17). The summed E-state index contributed by atoms with van der Waals surface area (Å²) in [5, 5.41) is 0. The molecule has 19 heavy (non-hydrogen) atoms. The summed E-state index contributed by atoms with van der Waals surface area (Å²) in [7, 11) is 0. The smallest absolute Gasteiger partial charge is 0.191 e. The Labute approximate surface area is 117 Å². The number of hydrogen-bond donors (Lipinski definition) is 1. The van der Waals surface area contributed by atoms with Crippen molar-refractivity contribution in [1.82, 2.24) is 9.80 Å². The lowest BCUT2D eigenvalue weighted by atomic mass is 9.89. The third kappa shape index (κ3) is 2.73. The zero-order valence-corrected chi connectivity index (χ0v) is 12.3. The molecule has 3 aliphatic rings. The van der Waals surface area contributed by atoms with E-state index in [4.69, 9.17) is 5.73 Å². The first-order valence-electron chi connectivity index (χ1n) is 8.03. The van der Waals surface area contributed by atoms with E-state index in [2.05, 4.69) is 21.7 Å². The van der Waals surface area contributed by atoms with Crippen molar-refractivity contribution in [2.45, 2.75) is 51.0 Å². The molecule has 2 aliphatic heterocycles. The molecular formula is C15H28N4. The quantitative estimate of drug-likeness (QED) is 0.840. The molecule has 3 rings (SSSR count). The van der Waals surface area contributed by atoms with E-state index >= 15 is 0 Å². The van der Waals surface area contributed by atoms with Gasteiger partial charge in [-0.3, -0.25) is 4.99 Å². The molecule has 2 N–H and O–H groups in total. The van der Waals surface area contributed by atoms with Gasteiger partial charge in [0.15, 0.2) is 5.96 Å². The van der Waals surface area contributed by atoms with Crippen molar-refractivity contribution in [3.05, 3.63) is 0 Å². The number of guanidine groups is 1. The molecule has 2 heterocycles. The Balaban J connectivity index is 1.67. The van der Waals surface area contributed by atoms with Crippen molar-refractivity contribution in [1.29, 1.82) is 0 Å². The minimum atomic E-state index is 0.259. The Hall–Kier alpha value is -0.770. The van der Waals surface area contributed by atoms with Gasteiger partial charge in [-0.2, -0.15) is 0 Å². The SMILES string of the molecule is CCCN1CCCC2(CC1)CN=C(N)N2CC1CC1. The lowest BCUT2D eigenvalue weighted by molar-refractivity contribution is 0.166.